The Labute approximate surface area is 106 Å². The highest BCUT2D eigenvalue weighted by Crippen LogP contribution is 2.07. The summed E-state index contributed by atoms with van der Waals surface area (Å²) in [4.78, 5) is 6.65. The number of aliphatic imine (C=N–C) groups is 1. The molecule has 94 valence electrons. The highest BCUT2D eigenvalue weighted by Gasteiger charge is 2.07. The molecule has 0 rings (SSSR count). The van der Waals surface area contributed by atoms with Crippen molar-refractivity contribution >= 4 is 5.71 Å². The van der Waals surface area contributed by atoms with Crippen molar-refractivity contribution in [1.82, 2.24) is 4.90 Å². The standard InChI is InChI=1S/C15H24N2/c1-6-10-12-15(16-14(5)11-7-2)17(9-4)13-8-3/h6,8-10,12-13,15H,1,4,7,11H2,2-3,5H3/b12-10?,13-8-,16-14+. The van der Waals surface area contributed by atoms with Gasteiger partial charge in [-0.05, 0) is 32.5 Å². The van der Waals surface area contributed by atoms with Crippen LogP contribution in [0.15, 0.2) is 54.9 Å². The van der Waals surface area contributed by atoms with Gasteiger partial charge in [-0.2, -0.15) is 0 Å². The third kappa shape index (κ3) is 6.56. The second-order valence-electron chi connectivity index (χ2n) is 3.76. The molecular weight excluding hydrogens is 208 g/mol. The van der Waals surface area contributed by atoms with Crippen LogP contribution in [0.2, 0.25) is 0 Å². The summed E-state index contributed by atoms with van der Waals surface area (Å²) in [6.45, 7) is 13.7. The Morgan fingerprint density at radius 3 is 2.59 bits per heavy atom. The van der Waals surface area contributed by atoms with Crippen LogP contribution < -0.4 is 0 Å². The van der Waals surface area contributed by atoms with Crippen molar-refractivity contribution in [3.8, 4) is 0 Å². The zero-order valence-electron chi connectivity index (χ0n) is 11.3. The van der Waals surface area contributed by atoms with Crippen molar-refractivity contribution in [2.45, 2.75) is 39.8 Å². The lowest BCUT2D eigenvalue weighted by molar-refractivity contribution is 0.438. The van der Waals surface area contributed by atoms with E-state index in [1.165, 1.54) is 0 Å². The van der Waals surface area contributed by atoms with Crippen LogP contribution in [0.25, 0.3) is 0 Å². The van der Waals surface area contributed by atoms with Crippen LogP contribution in [0.3, 0.4) is 0 Å². The highest BCUT2D eigenvalue weighted by atomic mass is 15.2. The summed E-state index contributed by atoms with van der Waals surface area (Å²) >= 11 is 0. The first-order valence-corrected chi connectivity index (χ1v) is 6.04. The highest BCUT2D eigenvalue weighted by molar-refractivity contribution is 5.82. The Bertz CT molecular complexity index is 311. The number of nitrogens with zero attached hydrogens (tertiary/aromatic N) is 2. The number of hydrogen-bond donors (Lipinski definition) is 0. The summed E-state index contributed by atoms with van der Waals surface area (Å²) in [5.74, 6) is 0. The fourth-order valence-corrected chi connectivity index (χ4v) is 1.47. The molecule has 0 N–H and O–H groups in total. The predicted octanol–water partition coefficient (Wildman–Crippen LogP) is 4.29. The fraction of sp³-hybridized carbons (Fsp3) is 0.400. The smallest absolute Gasteiger partial charge is 0.143 e. The van der Waals surface area contributed by atoms with Crippen molar-refractivity contribution in [3.63, 3.8) is 0 Å². The van der Waals surface area contributed by atoms with Crippen molar-refractivity contribution < 1.29 is 0 Å². The minimum Gasteiger partial charge on any atom is -0.330 e. The van der Waals surface area contributed by atoms with Crippen LogP contribution in [-0.4, -0.2) is 16.8 Å². The Morgan fingerprint density at radius 2 is 2.12 bits per heavy atom. The maximum atomic E-state index is 4.68. The second-order valence-corrected chi connectivity index (χ2v) is 3.76. The largest absolute Gasteiger partial charge is 0.330 e. The molecule has 0 radical (unpaired) electrons. The van der Waals surface area contributed by atoms with Crippen LogP contribution in [0.5, 0.6) is 0 Å². The van der Waals surface area contributed by atoms with Gasteiger partial charge in [0.2, 0.25) is 0 Å². The molecule has 1 atom stereocenters. The lowest BCUT2D eigenvalue weighted by atomic mass is 10.2. The van der Waals surface area contributed by atoms with E-state index in [1.54, 1.807) is 12.3 Å². The minimum atomic E-state index is -0.0340. The summed E-state index contributed by atoms with van der Waals surface area (Å²) in [5, 5.41) is 0. The van der Waals surface area contributed by atoms with Crippen LogP contribution >= 0.6 is 0 Å². The molecule has 0 heterocycles. The zero-order valence-corrected chi connectivity index (χ0v) is 11.3. The monoisotopic (exact) mass is 232 g/mol. The molecule has 2 nitrogen and oxygen atoms in total. The molecule has 1 unspecified atom stereocenters. The first-order valence-electron chi connectivity index (χ1n) is 6.04. The quantitative estimate of drug-likeness (QED) is 0.450. The third-order valence-corrected chi connectivity index (χ3v) is 2.22. The van der Waals surface area contributed by atoms with Gasteiger partial charge in [0.15, 0.2) is 0 Å². The van der Waals surface area contributed by atoms with E-state index in [0.29, 0.717) is 0 Å². The normalized spacial score (nSPS) is 14.2. The van der Waals surface area contributed by atoms with Crippen molar-refractivity contribution in [1.29, 1.82) is 0 Å². The first-order chi connectivity index (χ1) is 8.19. The van der Waals surface area contributed by atoms with E-state index in [9.17, 15) is 0 Å². The van der Waals surface area contributed by atoms with Gasteiger partial charge in [-0.15, -0.1) is 0 Å². The fourth-order valence-electron chi connectivity index (χ4n) is 1.47. The van der Waals surface area contributed by atoms with Crippen LogP contribution in [0.1, 0.15) is 33.6 Å². The van der Waals surface area contributed by atoms with Crippen molar-refractivity contribution in [2.75, 3.05) is 0 Å². The van der Waals surface area contributed by atoms with Gasteiger partial charge in [0.05, 0.1) is 0 Å². The lowest BCUT2D eigenvalue weighted by Crippen LogP contribution is -2.22. The molecular formula is C15H24N2. The minimum absolute atomic E-state index is 0.0340. The molecule has 2 heteroatoms. The van der Waals surface area contributed by atoms with Crippen LogP contribution in [0, 0.1) is 0 Å². The van der Waals surface area contributed by atoms with Gasteiger partial charge in [0, 0.05) is 11.9 Å². The summed E-state index contributed by atoms with van der Waals surface area (Å²) < 4.78 is 0. The van der Waals surface area contributed by atoms with E-state index < -0.39 is 0 Å². The number of hydrogen-bond acceptors (Lipinski definition) is 2. The molecule has 0 aliphatic rings. The SMILES string of the molecule is C=CC=CC(/N=C(\C)CCC)N(C=C)/C=C\C. The van der Waals surface area contributed by atoms with Gasteiger partial charge in [0.1, 0.15) is 6.17 Å². The summed E-state index contributed by atoms with van der Waals surface area (Å²) in [7, 11) is 0. The molecule has 0 aromatic carbocycles. The van der Waals surface area contributed by atoms with E-state index in [-0.39, 0.29) is 6.17 Å². The molecule has 0 spiro atoms. The Hall–Kier alpha value is -1.57. The molecule has 0 amide bonds. The third-order valence-electron chi connectivity index (χ3n) is 2.22. The van der Waals surface area contributed by atoms with E-state index in [1.807, 2.05) is 36.3 Å². The average Bonchev–Trinajstić information content (AvgIpc) is 2.32. The van der Waals surface area contributed by atoms with Crippen LogP contribution in [0.4, 0.5) is 0 Å². The van der Waals surface area contributed by atoms with E-state index in [4.69, 9.17) is 0 Å². The molecule has 0 aliphatic heterocycles. The molecule has 0 aliphatic carbocycles. The van der Waals surface area contributed by atoms with Crippen molar-refractivity contribution in [2.24, 2.45) is 4.99 Å². The Morgan fingerprint density at radius 1 is 1.41 bits per heavy atom. The molecule has 0 fully saturated rings. The van der Waals surface area contributed by atoms with Crippen LogP contribution in [-0.2, 0) is 0 Å². The molecule has 0 aromatic rings. The summed E-state index contributed by atoms with van der Waals surface area (Å²) in [5.41, 5.74) is 1.16. The van der Waals surface area contributed by atoms with Gasteiger partial charge >= 0.3 is 0 Å². The number of rotatable bonds is 8. The molecule has 0 aromatic heterocycles. The molecule has 0 bridgehead atoms. The Kier molecular flexibility index (Phi) is 8.75. The average molecular weight is 232 g/mol. The van der Waals surface area contributed by atoms with E-state index in [0.717, 1.165) is 18.6 Å². The number of allylic oxidation sites excluding steroid dienone is 3. The first kappa shape index (κ1) is 15.4. The van der Waals surface area contributed by atoms with Gasteiger partial charge in [-0.25, -0.2) is 0 Å². The molecule has 17 heavy (non-hydrogen) atoms. The Balaban J connectivity index is 4.96. The van der Waals surface area contributed by atoms with Crippen molar-refractivity contribution in [3.05, 3.63) is 49.9 Å². The molecule has 0 saturated heterocycles. The second kappa shape index (κ2) is 9.64. The van der Waals surface area contributed by atoms with Gasteiger partial charge in [-0.3, -0.25) is 4.99 Å². The predicted molar refractivity (Wildman–Crippen MR) is 78.0 cm³/mol. The summed E-state index contributed by atoms with van der Waals surface area (Å²) in [6.07, 6.45) is 13.5. The van der Waals surface area contributed by atoms with E-state index in [2.05, 4.69) is 32.0 Å². The molecule has 0 saturated carbocycles. The summed E-state index contributed by atoms with van der Waals surface area (Å²) in [6, 6.07) is 0. The van der Waals surface area contributed by atoms with Gasteiger partial charge in [-0.1, -0.05) is 44.7 Å². The maximum Gasteiger partial charge on any atom is 0.143 e. The zero-order chi connectivity index (χ0) is 13.1. The maximum absolute atomic E-state index is 4.68. The topological polar surface area (TPSA) is 15.6 Å². The van der Waals surface area contributed by atoms with Gasteiger partial charge in [0.25, 0.3) is 0 Å². The van der Waals surface area contributed by atoms with E-state index >= 15 is 0 Å². The van der Waals surface area contributed by atoms with Gasteiger partial charge < -0.3 is 4.90 Å². The lowest BCUT2D eigenvalue weighted by Gasteiger charge is -2.21.